The highest BCUT2D eigenvalue weighted by Crippen LogP contribution is 2.29. The summed E-state index contributed by atoms with van der Waals surface area (Å²) in [6.07, 6.45) is 4.97. The smallest absolute Gasteiger partial charge is 0.326 e. The summed E-state index contributed by atoms with van der Waals surface area (Å²) in [6, 6.07) is 7.26. The SMILES string of the molecule is CCCC[C@@]1(C)NC(=O)N(CC(=O)OCC(=O)N[C@H]2CCCc3ccccc32)C1=O. The van der Waals surface area contributed by atoms with Crippen LogP contribution in [-0.4, -0.2) is 47.4 Å². The first-order valence-electron chi connectivity index (χ1n) is 10.5. The van der Waals surface area contributed by atoms with Gasteiger partial charge in [0.25, 0.3) is 11.8 Å². The first kappa shape index (κ1) is 21.8. The zero-order valence-electron chi connectivity index (χ0n) is 17.5. The second-order valence-electron chi connectivity index (χ2n) is 8.13. The minimum atomic E-state index is -1.00. The van der Waals surface area contributed by atoms with Gasteiger partial charge in [-0.15, -0.1) is 0 Å². The zero-order chi connectivity index (χ0) is 21.7. The average Bonchev–Trinajstić information content (AvgIpc) is 2.94. The van der Waals surface area contributed by atoms with Crippen LogP contribution in [0.15, 0.2) is 24.3 Å². The van der Waals surface area contributed by atoms with E-state index in [1.165, 1.54) is 5.56 Å². The van der Waals surface area contributed by atoms with E-state index in [4.69, 9.17) is 4.74 Å². The number of esters is 1. The highest BCUT2D eigenvalue weighted by Gasteiger charge is 2.47. The molecule has 2 atom stereocenters. The van der Waals surface area contributed by atoms with Crippen LogP contribution in [0, 0.1) is 0 Å². The number of carbonyl (C=O) groups excluding carboxylic acids is 4. The molecule has 0 bridgehead atoms. The number of carbonyl (C=O) groups is 4. The Labute approximate surface area is 176 Å². The number of hydrogen-bond donors (Lipinski definition) is 2. The number of amides is 4. The first-order chi connectivity index (χ1) is 14.3. The van der Waals surface area contributed by atoms with Gasteiger partial charge in [0.05, 0.1) is 6.04 Å². The summed E-state index contributed by atoms with van der Waals surface area (Å²) in [5, 5.41) is 5.55. The Balaban J connectivity index is 1.49. The summed E-state index contributed by atoms with van der Waals surface area (Å²) in [5.41, 5.74) is 1.31. The molecule has 1 aromatic rings. The Morgan fingerprint density at radius 1 is 1.30 bits per heavy atom. The largest absolute Gasteiger partial charge is 0.454 e. The molecule has 8 nitrogen and oxygen atoms in total. The monoisotopic (exact) mass is 415 g/mol. The molecule has 2 aliphatic rings. The molecule has 2 N–H and O–H groups in total. The van der Waals surface area contributed by atoms with E-state index in [9.17, 15) is 19.2 Å². The van der Waals surface area contributed by atoms with Gasteiger partial charge < -0.3 is 15.4 Å². The van der Waals surface area contributed by atoms with Crippen LogP contribution in [0.1, 0.15) is 63.1 Å². The van der Waals surface area contributed by atoms with Crippen LogP contribution >= 0.6 is 0 Å². The molecular formula is C22H29N3O5. The third-order valence-corrected chi connectivity index (χ3v) is 5.73. The fourth-order valence-electron chi connectivity index (χ4n) is 4.05. The average molecular weight is 415 g/mol. The van der Waals surface area contributed by atoms with Crippen molar-refractivity contribution in [2.24, 2.45) is 0 Å². The van der Waals surface area contributed by atoms with Crippen molar-refractivity contribution in [1.82, 2.24) is 15.5 Å². The van der Waals surface area contributed by atoms with Gasteiger partial charge in [0, 0.05) is 0 Å². The van der Waals surface area contributed by atoms with Crippen LogP contribution in [0.4, 0.5) is 4.79 Å². The molecule has 30 heavy (non-hydrogen) atoms. The summed E-state index contributed by atoms with van der Waals surface area (Å²) in [7, 11) is 0. The Hall–Kier alpha value is -2.90. The summed E-state index contributed by atoms with van der Waals surface area (Å²) in [5.74, 6) is -1.64. The van der Waals surface area contributed by atoms with Crippen molar-refractivity contribution in [3.63, 3.8) is 0 Å². The number of hydrogen-bond acceptors (Lipinski definition) is 5. The van der Waals surface area contributed by atoms with Crippen LogP contribution < -0.4 is 10.6 Å². The van der Waals surface area contributed by atoms with E-state index in [0.717, 1.165) is 42.6 Å². The van der Waals surface area contributed by atoms with E-state index < -0.39 is 42.5 Å². The molecule has 3 rings (SSSR count). The molecule has 0 spiro atoms. The van der Waals surface area contributed by atoms with Gasteiger partial charge in [-0.05, 0) is 43.7 Å². The van der Waals surface area contributed by atoms with Gasteiger partial charge in [-0.2, -0.15) is 0 Å². The minimum Gasteiger partial charge on any atom is -0.454 e. The Kier molecular flexibility index (Phi) is 6.74. The maximum absolute atomic E-state index is 12.6. The third kappa shape index (κ3) is 4.80. The normalized spacial score (nSPS) is 23.0. The number of benzene rings is 1. The second-order valence-corrected chi connectivity index (χ2v) is 8.13. The third-order valence-electron chi connectivity index (χ3n) is 5.73. The fraction of sp³-hybridized carbons (Fsp3) is 0.545. The van der Waals surface area contributed by atoms with Gasteiger partial charge in [0.1, 0.15) is 12.1 Å². The Morgan fingerprint density at radius 3 is 2.83 bits per heavy atom. The predicted molar refractivity (Wildman–Crippen MR) is 109 cm³/mol. The minimum absolute atomic E-state index is 0.105. The van der Waals surface area contributed by atoms with E-state index in [2.05, 4.69) is 16.7 Å². The van der Waals surface area contributed by atoms with E-state index in [1.54, 1.807) is 6.92 Å². The lowest BCUT2D eigenvalue weighted by Gasteiger charge is -2.26. The summed E-state index contributed by atoms with van der Waals surface area (Å²) < 4.78 is 5.02. The van der Waals surface area contributed by atoms with Crippen molar-refractivity contribution in [3.05, 3.63) is 35.4 Å². The number of fused-ring (bicyclic) bond motifs is 1. The molecule has 0 aromatic heterocycles. The van der Waals surface area contributed by atoms with E-state index >= 15 is 0 Å². The highest BCUT2D eigenvalue weighted by molar-refractivity contribution is 6.08. The zero-order valence-corrected chi connectivity index (χ0v) is 17.5. The molecule has 1 fully saturated rings. The molecule has 1 heterocycles. The number of aryl methyl sites for hydroxylation is 1. The molecule has 0 radical (unpaired) electrons. The number of imide groups is 1. The number of nitrogens with zero attached hydrogens (tertiary/aromatic N) is 1. The van der Waals surface area contributed by atoms with E-state index in [1.807, 2.05) is 25.1 Å². The Morgan fingerprint density at radius 2 is 2.07 bits per heavy atom. The summed E-state index contributed by atoms with van der Waals surface area (Å²) in [4.78, 5) is 49.9. The number of ether oxygens (including phenoxy) is 1. The molecule has 162 valence electrons. The van der Waals surface area contributed by atoms with Crippen LogP contribution in [0.5, 0.6) is 0 Å². The van der Waals surface area contributed by atoms with Gasteiger partial charge in [-0.25, -0.2) is 4.79 Å². The molecular weight excluding hydrogens is 386 g/mol. The Bertz CT molecular complexity index is 840. The molecule has 1 aliphatic carbocycles. The van der Waals surface area contributed by atoms with Crippen LogP contribution in [0.2, 0.25) is 0 Å². The van der Waals surface area contributed by atoms with Crippen molar-refractivity contribution in [3.8, 4) is 0 Å². The molecule has 8 heteroatoms. The van der Waals surface area contributed by atoms with Gasteiger partial charge in [-0.1, -0.05) is 44.0 Å². The van der Waals surface area contributed by atoms with E-state index in [-0.39, 0.29) is 6.04 Å². The number of rotatable bonds is 8. The standard InChI is InChI=1S/C22H29N3O5/c1-3-4-12-22(2)20(28)25(21(29)24-22)13-19(27)30-14-18(26)23-17-11-7-9-15-8-5-6-10-16(15)17/h5-6,8,10,17H,3-4,7,9,11-14H2,1-2H3,(H,23,26)(H,24,29)/t17-,22+/m0/s1. The van der Waals surface area contributed by atoms with Crippen molar-refractivity contribution in [2.45, 2.75) is 64.0 Å². The van der Waals surface area contributed by atoms with Gasteiger partial charge in [0.15, 0.2) is 6.61 Å². The second kappa shape index (κ2) is 9.28. The molecule has 1 aliphatic heterocycles. The summed E-state index contributed by atoms with van der Waals surface area (Å²) >= 11 is 0. The molecule has 4 amide bonds. The summed E-state index contributed by atoms with van der Waals surface area (Å²) in [6.45, 7) is 2.70. The molecule has 1 aromatic carbocycles. The highest BCUT2D eigenvalue weighted by atomic mass is 16.5. The lowest BCUT2D eigenvalue weighted by Crippen LogP contribution is -2.44. The molecule has 1 saturated heterocycles. The van der Waals surface area contributed by atoms with Crippen LogP contribution in [-0.2, 0) is 25.5 Å². The maximum atomic E-state index is 12.6. The number of urea groups is 1. The van der Waals surface area contributed by atoms with Gasteiger partial charge in [-0.3, -0.25) is 19.3 Å². The van der Waals surface area contributed by atoms with Crippen molar-refractivity contribution in [2.75, 3.05) is 13.2 Å². The molecule has 0 unspecified atom stereocenters. The maximum Gasteiger partial charge on any atom is 0.326 e. The lowest BCUT2D eigenvalue weighted by molar-refractivity contribution is -0.151. The van der Waals surface area contributed by atoms with Crippen molar-refractivity contribution in [1.29, 1.82) is 0 Å². The fourth-order valence-corrected chi connectivity index (χ4v) is 4.05. The van der Waals surface area contributed by atoms with Crippen molar-refractivity contribution >= 4 is 23.8 Å². The topological polar surface area (TPSA) is 105 Å². The van der Waals surface area contributed by atoms with Gasteiger partial charge >= 0.3 is 12.0 Å². The first-order valence-corrected chi connectivity index (χ1v) is 10.5. The van der Waals surface area contributed by atoms with E-state index in [0.29, 0.717) is 6.42 Å². The quantitative estimate of drug-likeness (QED) is 0.500. The molecule has 0 saturated carbocycles. The lowest BCUT2D eigenvalue weighted by atomic mass is 9.88. The van der Waals surface area contributed by atoms with Crippen LogP contribution in [0.25, 0.3) is 0 Å². The predicted octanol–water partition coefficient (Wildman–Crippen LogP) is 2.22. The number of unbranched alkanes of at least 4 members (excludes halogenated alkanes) is 1. The van der Waals surface area contributed by atoms with Crippen molar-refractivity contribution < 1.29 is 23.9 Å². The number of nitrogens with one attached hydrogen (secondary N) is 2. The van der Waals surface area contributed by atoms with Gasteiger partial charge in [0.2, 0.25) is 0 Å². The van der Waals surface area contributed by atoms with Crippen LogP contribution in [0.3, 0.4) is 0 Å².